The van der Waals surface area contributed by atoms with Crippen LogP contribution in [-0.4, -0.2) is 26.8 Å². The first kappa shape index (κ1) is 19.7. The van der Waals surface area contributed by atoms with Gasteiger partial charge in [0.15, 0.2) is 11.8 Å². The highest BCUT2D eigenvalue weighted by Crippen LogP contribution is 2.24. The first-order chi connectivity index (χ1) is 12.6. The Morgan fingerprint density at radius 3 is 2.70 bits per heavy atom. The number of furan rings is 1. The third-order valence-electron chi connectivity index (χ3n) is 4.84. The zero-order valence-corrected chi connectivity index (χ0v) is 18.2. The van der Waals surface area contributed by atoms with Crippen LogP contribution >= 0.6 is 24.0 Å². The second-order valence-electron chi connectivity index (χ2n) is 6.81. The summed E-state index contributed by atoms with van der Waals surface area (Å²) in [6, 6.07) is 8.63. The minimum absolute atomic E-state index is 0. The zero-order chi connectivity index (χ0) is 18.1. The Morgan fingerprint density at radius 1 is 1.26 bits per heavy atom. The van der Waals surface area contributed by atoms with Crippen LogP contribution in [-0.2, 0) is 20.1 Å². The fraction of sp³-hybridized carbons (Fsp3) is 0.421. The number of guanidine groups is 1. The highest BCUT2D eigenvalue weighted by molar-refractivity contribution is 14.0. The van der Waals surface area contributed by atoms with E-state index < -0.39 is 0 Å². The van der Waals surface area contributed by atoms with Crippen LogP contribution in [0.5, 0.6) is 0 Å². The van der Waals surface area contributed by atoms with Crippen LogP contribution in [0.2, 0.25) is 0 Å². The fourth-order valence-electron chi connectivity index (χ4n) is 2.87. The lowest BCUT2D eigenvalue weighted by Gasteiger charge is -2.11. The van der Waals surface area contributed by atoms with Crippen LogP contribution in [0, 0.1) is 13.8 Å². The Labute approximate surface area is 175 Å². The fourth-order valence-corrected chi connectivity index (χ4v) is 2.87. The van der Waals surface area contributed by atoms with Gasteiger partial charge in [-0.1, -0.05) is 18.2 Å². The normalized spacial score (nSPS) is 14.3. The van der Waals surface area contributed by atoms with Crippen LogP contribution in [0.1, 0.15) is 35.8 Å². The van der Waals surface area contributed by atoms with E-state index in [1.807, 2.05) is 36.7 Å². The molecule has 2 N–H and O–H groups in total. The molecule has 0 atom stereocenters. The molecule has 2 heterocycles. The van der Waals surface area contributed by atoms with Crippen molar-refractivity contribution in [2.75, 3.05) is 0 Å². The van der Waals surface area contributed by atoms with Crippen LogP contribution < -0.4 is 10.6 Å². The van der Waals surface area contributed by atoms with E-state index >= 15 is 0 Å². The Morgan fingerprint density at radius 2 is 2.04 bits per heavy atom. The molecule has 27 heavy (non-hydrogen) atoms. The average molecular weight is 480 g/mol. The molecule has 0 spiro atoms. The van der Waals surface area contributed by atoms with E-state index in [0.717, 1.165) is 34.3 Å². The van der Waals surface area contributed by atoms with Gasteiger partial charge in [0.1, 0.15) is 23.7 Å². The number of nitrogens with one attached hydrogen (secondary N) is 2. The number of halogens is 1. The molecule has 2 aromatic heterocycles. The lowest BCUT2D eigenvalue weighted by Crippen LogP contribution is -2.38. The Kier molecular flexibility index (Phi) is 6.03. The van der Waals surface area contributed by atoms with Crippen LogP contribution in [0.4, 0.5) is 0 Å². The van der Waals surface area contributed by atoms with Gasteiger partial charge in [-0.2, -0.15) is 0 Å². The highest BCUT2D eigenvalue weighted by atomic mass is 127. The summed E-state index contributed by atoms with van der Waals surface area (Å²) in [4.78, 5) is 4.68. The van der Waals surface area contributed by atoms with Crippen molar-refractivity contribution in [1.29, 1.82) is 0 Å². The molecule has 0 bridgehead atoms. The predicted molar refractivity (Wildman–Crippen MR) is 116 cm³/mol. The molecule has 0 saturated heterocycles. The quantitative estimate of drug-likeness (QED) is 0.333. The van der Waals surface area contributed by atoms with Crippen molar-refractivity contribution in [3.8, 4) is 0 Å². The molecular formula is C19H25IN6O. The van der Waals surface area contributed by atoms with Gasteiger partial charge in [0.25, 0.3) is 0 Å². The molecule has 1 saturated carbocycles. The molecule has 0 radical (unpaired) electrons. The standard InChI is InChI=1S/C19H24N6O.HI/c1-12-15-6-4-5-7-16(15)26-17(12)10-20-19(22-14-8-9-14)21-11-18-24-23-13(2)25(18)3;/h4-7,14H,8-11H2,1-3H3,(H2,20,21,22);1H. The second-order valence-corrected chi connectivity index (χ2v) is 6.81. The van der Waals surface area contributed by atoms with Gasteiger partial charge in [0.05, 0.1) is 6.54 Å². The number of aryl methyl sites for hydroxylation is 2. The van der Waals surface area contributed by atoms with Gasteiger partial charge < -0.3 is 19.6 Å². The van der Waals surface area contributed by atoms with E-state index in [1.165, 1.54) is 18.4 Å². The Bertz CT molecular complexity index is 956. The molecule has 0 unspecified atom stereocenters. The van der Waals surface area contributed by atoms with Crippen molar-refractivity contribution < 1.29 is 4.42 Å². The molecule has 144 valence electrons. The predicted octanol–water partition coefficient (Wildman–Crippen LogP) is 3.19. The van der Waals surface area contributed by atoms with E-state index in [0.29, 0.717) is 19.1 Å². The monoisotopic (exact) mass is 480 g/mol. The Hall–Kier alpha value is -2.10. The van der Waals surface area contributed by atoms with Gasteiger partial charge >= 0.3 is 0 Å². The average Bonchev–Trinajstić information content (AvgIpc) is 3.34. The van der Waals surface area contributed by atoms with Crippen molar-refractivity contribution in [3.05, 3.63) is 47.2 Å². The number of aromatic nitrogens is 3. The third kappa shape index (κ3) is 4.42. The Balaban J connectivity index is 0.00000210. The SMILES string of the molecule is Cc1c(CNC(=NCc2nnc(C)n2C)NC2CC2)oc2ccccc12.I. The van der Waals surface area contributed by atoms with Crippen molar-refractivity contribution in [2.45, 2.75) is 45.8 Å². The maximum absolute atomic E-state index is 5.98. The first-order valence-corrected chi connectivity index (χ1v) is 8.98. The zero-order valence-electron chi connectivity index (χ0n) is 15.8. The molecule has 4 rings (SSSR count). The molecule has 7 nitrogen and oxygen atoms in total. The van der Waals surface area contributed by atoms with Gasteiger partial charge in [0, 0.05) is 24.0 Å². The van der Waals surface area contributed by atoms with Gasteiger partial charge in [-0.3, -0.25) is 0 Å². The van der Waals surface area contributed by atoms with E-state index in [-0.39, 0.29) is 24.0 Å². The van der Waals surface area contributed by atoms with Gasteiger partial charge in [-0.25, -0.2) is 4.99 Å². The molecule has 0 amide bonds. The number of para-hydroxylation sites is 1. The summed E-state index contributed by atoms with van der Waals surface area (Å²) in [5, 5.41) is 16.3. The number of fused-ring (bicyclic) bond motifs is 1. The molecule has 1 aliphatic carbocycles. The number of hydrogen-bond donors (Lipinski definition) is 2. The van der Waals surface area contributed by atoms with Crippen LogP contribution in [0.25, 0.3) is 11.0 Å². The minimum atomic E-state index is 0. The first-order valence-electron chi connectivity index (χ1n) is 8.98. The van der Waals surface area contributed by atoms with Crippen molar-refractivity contribution in [1.82, 2.24) is 25.4 Å². The number of aliphatic imine (C=N–C) groups is 1. The molecule has 1 fully saturated rings. The number of hydrogen-bond acceptors (Lipinski definition) is 4. The lowest BCUT2D eigenvalue weighted by molar-refractivity contribution is 0.534. The van der Waals surface area contributed by atoms with E-state index in [4.69, 9.17) is 4.42 Å². The van der Waals surface area contributed by atoms with E-state index in [2.05, 4.69) is 38.8 Å². The maximum Gasteiger partial charge on any atom is 0.192 e. The molecule has 8 heteroatoms. The summed E-state index contributed by atoms with van der Waals surface area (Å²) >= 11 is 0. The smallest absolute Gasteiger partial charge is 0.192 e. The van der Waals surface area contributed by atoms with Crippen molar-refractivity contribution in [3.63, 3.8) is 0 Å². The van der Waals surface area contributed by atoms with Crippen LogP contribution in [0.3, 0.4) is 0 Å². The summed E-state index contributed by atoms with van der Waals surface area (Å²) in [7, 11) is 1.96. The van der Waals surface area contributed by atoms with Crippen molar-refractivity contribution >= 4 is 40.9 Å². The van der Waals surface area contributed by atoms with Crippen LogP contribution in [0.15, 0.2) is 33.7 Å². The highest BCUT2D eigenvalue weighted by Gasteiger charge is 2.22. The molecular weight excluding hydrogens is 455 g/mol. The molecule has 3 aromatic rings. The molecule has 1 aliphatic rings. The topological polar surface area (TPSA) is 80.3 Å². The summed E-state index contributed by atoms with van der Waals surface area (Å²) in [5.41, 5.74) is 2.09. The summed E-state index contributed by atoms with van der Waals surface area (Å²) in [6.07, 6.45) is 2.38. The summed E-state index contributed by atoms with van der Waals surface area (Å²) in [5.74, 6) is 3.45. The van der Waals surface area contributed by atoms with Gasteiger partial charge in [0.2, 0.25) is 0 Å². The summed E-state index contributed by atoms with van der Waals surface area (Å²) in [6.45, 7) is 5.11. The summed E-state index contributed by atoms with van der Waals surface area (Å²) < 4.78 is 7.94. The molecule has 1 aromatic carbocycles. The van der Waals surface area contributed by atoms with E-state index in [9.17, 15) is 0 Å². The largest absolute Gasteiger partial charge is 0.459 e. The van der Waals surface area contributed by atoms with E-state index in [1.54, 1.807) is 0 Å². The van der Waals surface area contributed by atoms with Crippen molar-refractivity contribution in [2.24, 2.45) is 12.0 Å². The van der Waals surface area contributed by atoms with Gasteiger partial charge in [-0.15, -0.1) is 34.2 Å². The number of rotatable bonds is 5. The number of nitrogens with zero attached hydrogens (tertiary/aromatic N) is 4. The molecule has 0 aliphatic heterocycles. The van der Waals surface area contributed by atoms with Gasteiger partial charge in [-0.05, 0) is 32.8 Å². The number of benzene rings is 1. The maximum atomic E-state index is 5.98. The second kappa shape index (κ2) is 8.28. The third-order valence-corrected chi connectivity index (χ3v) is 4.84. The lowest BCUT2D eigenvalue weighted by atomic mass is 10.1. The minimum Gasteiger partial charge on any atom is -0.459 e.